The molecule has 2 aromatic heterocycles. The summed E-state index contributed by atoms with van der Waals surface area (Å²) in [5.41, 5.74) is 2.76. The molecule has 1 atom stereocenters. The average Bonchev–Trinajstić information content (AvgIpc) is 3.34. The molecule has 3 N–H and O–H groups in total. The molecular formula is C27H37N5O6. The van der Waals surface area contributed by atoms with E-state index in [1.165, 1.54) is 4.90 Å². The minimum absolute atomic E-state index is 0.0913. The minimum Gasteiger partial charge on any atom is -0.462 e. The van der Waals surface area contributed by atoms with Gasteiger partial charge in [-0.3, -0.25) is 4.79 Å². The minimum atomic E-state index is -0.549. The standard InChI is InChI=1S/C27H37N5O6/c1-8-37-25(34)20-11-16(2)29-21(20)12-19-18-13-23(28-14-22(18)31-24(19)33)30-17(3)15-36-10-9-32(7)26(35)38-27(4,5)6/h11-14,17,29H,8-10,15H2,1-7H3,(H,28,30)(H,31,33)/b19-12-. The highest BCUT2D eigenvalue weighted by atomic mass is 16.6. The van der Waals surface area contributed by atoms with Crippen LogP contribution in [0.25, 0.3) is 11.6 Å². The molecule has 11 nitrogen and oxygen atoms in total. The van der Waals surface area contributed by atoms with E-state index in [2.05, 4.69) is 20.6 Å². The van der Waals surface area contributed by atoms with Gasteiger partial charge in [0.05, 0.1) is 48.5 Å². The second-order valence-electron chi connectivity index (χ2n) is 10.1. The molecular weight excluding hydrogens is 490 g/mol. The predicted octanol–water partition coefficient (Wildman–Crippen LogP) is 4.07. The van der Waals surface area contributed by atoms with Crippen LogP contribution < -0.4 is 10.6 Å². The molecule has 0 spiro atoms. The lowest BCUT2D eigenvalue weighted by molar-refractivity contribution is -0.110. The molecule has 11 heteroatoms. The maximum Gasteiger partial charge on any atom is 0.410 e. The summed E-state index contributed by atoms with van der Waals surface area (Å²) >= 11 is 0. The van der Waals surface area contributed by atoms with E-state index >= 15 is 0 Å². The summed E-state index contributed by atoms with van der Waals surface area (Å²) in [5.74, 6) is -0.168. The van der Waals surface area contributed by atoms with Crippen LogP contribution in [0.1, 0.15) is 61.9 Å². The molecule has 206 valence electrons. The first-order chi connectivity index (χ1) is 17.9. The lowest BCUT2D eigenvalue weighted by Gasteiger charge is -2.24. The predicted molar refractivity (Wildman–Crippen MR) is 145 cm³/mol. The number of aromatic nitrogens is 2. The zero-order chi connectivity index (χ0) is 28.0. The molecule has 0 bridgehead atoms. The van der Waals surface area contributed by atoms with Crippen molar-refractivity contribution in [3.8, 4) is 0 Å². The highest BCUT2D eigenvalue weighted by Gasteiger charge is 2.27. The fourth-order valence-corrected chi connectivity index (χ4v) is 3.74. The van der Waals surface area contributed by atoms with E-state index in [0.29, 0.717) is 53.7 Å². The Balaban J connectivity index is 1.62. The number of fused-ring (bicyclic) bond motifs is 1. The normalized spacial score (nSPS) is 14.6. The number of hydrogen-bond acceptors (Lipinski definition) is 8. The average molecular weight is 528 g/mol. The molecule has 0 radical (unpaired) electrons. The summed E-state index contributed by atoms with van der Waals surface area (Å²) in [6.07, 6.45) is 2.84. The van der Waals surface area contributed by atoms with Gasteiger partial charge in [-0.2, -0.15) is 0 Å². The van der Waals surface area contributed by atoms with Crippen LogP contribution in [0.3, 0.4) is 0 Å². The Morgan fingerprint density at radius 2 is 2.00 bits per heavy atom. The van der Waals surface area contributed by atoms with E-state index in [0.717, 1.165) is 5.69 Å². The molecule has 3 rings (SSSR count). The smallest absolute Gasteiger partial charge is 0.410 e. The Kier molecular flexibility index (Phi) is 9.16. The van der Waals surface area contributed by atoms with Crippen LogP contribution >= 0.6 is 0 Å². The highest BCUT2D eigenvalue weighted by Crippen LogP contribution is 2.34. The number of amides is 2. The monoisotopic (exact) mass is 527 g/mol. The van der Waals surface area contributed by atoms with Crippen LogP contribution in [0.5, 0.6) is 0 Å². The molecule has 0 aliphatic carbocycles. The molecule has 1 aliphatic rings. The largest absolute Gasteiger partial charge is 0.462 e. The quantitative estimate of drug-likeness (QED) is 0.239. The van der Waals surface area contributed by atoms with Crippen molar-refractivity contribution in [1.82, 2.24) is 14.9 Å². The van der Waals surface area contributed by atoms with E-state index < -0.39 is 17.7 Å². The van der Waals surface area contributed by atoms with Crippen molar-refractivity contribution < 1.29 is 28.6 Å². The van der Waals surface area contributed by atoms with Crippen molar-refractivity contribution >= 4 is 41.1 Å². The molecule has 0 saturated carbocycles. The molecule has 0 saturated heterocycles. The number of hydrogen-bond donors (Lipinski definition) is 3. The summed E-state index contributed by atoms with van der Waals surface area (Å²) < 4.78 is 16.2. The lowest BCUT2D eigenvalue weighted by Crippen LogP contribution is -2.36. The summed E-state index contributed by atoms with van der Waals surface area (Å²) in [4.78, 5) is 46.1. The van der Waals surface area contributed by atoms with Crippen molar-refractivity contribution in [2.45, 2.75) is 53.2 Å². The lowest BCUT2D eigenvalue weighted by atomic mass is 10.1. The van der Waals surface area contributed by atoms with Crippen LogP contribution in [-0.2, 0) is 19.0 Å². The van der Waals surface area contributed by atoms with Gasteiger partial charge >= 0.3 is 12.1 Å². The third-order valence-electron chi connectivity index (χ3n) is 5.49. The van der Waals surface area contributed by atoms with E-state index in [4.69, 9.17) is 14.2 Å². The maximum absolute atomic E-state index is 12.7. The maximum atomic E-state index is 12.7. The number of nitrogens with zero attached hydrogens (tertiary/aromatic N) is 2. The number of aromatic amines is 1. The second-order valence-corrected chi connectivity index (χ2v) is 10.1. The summed E-state index contributed by atoms with van der Waals surface area (Å²) in [7, 11) is 1.66. The van der Waals surface area contributed by atoms with Crippen LogP contribution in [0.4, 0.5) is 16.3 Å². The molecule has 0 fully saturated rings. The molecule has 1 unspecified atom stereocenters. The number of esters is 1. The molecule has 38 heavy (non-hydrogen) atoms. The van der Waals surface area contributed by atoms with Crippen molar-refractivity contribution in [1.29, 1.82) is 0 Å². The zero-order valence-corrected chi connectivity index (χ0v) is 23.1. The summed E-state index contributed by atoms with van der Waals surface area (Å²) in [5, 5.41) is 6.08. The Hall–Kier alpha value is -3.86. The number of nitrogens with one attached hydrogen (secondary N) is 3. The Morgan fingerprint density at radius 1 is 1.26 bits per heavy atom. The third kappa shape index (κ3) is 7.58. The molecule has 2 aromatic rings. The fraction of sp³-hybridized carbons (Fsp3) is 0.481. The SMILES string of the molecule is CCOC(=O)c1cc(C)[nH]c1/C=C1\C(=O)Nc2cnc(NC(C)COCCN(C)C(=O)OC(C)(C)C)cc21. The topological polar surface area (TPSA) is 135 Å². The number of ether oxygens (including phenoxy) is 3. The summed E-state index contributed by atoms with van der Waals surface area (Å²) in [6.45, 7) is 12.4. The van der Waals surface area contributed by atoms with Crippen LogP contribution in [0, 0.1) is 6.92 Å². The van der Waals surface area contributed by atoms with Gasteiger partial charge in [0.1, 0.15) is 11.4 Å². The first kappa shape index (κ1) is 28.7. The molecule has 2 amide bonds. The first-order valence-corrected chi connectivity index (χ1v) is 12.6. The number of rotatable bonds is 10. The van der Waals surface area contributed by atoms with E-state index in [9.17, 15) is 14.4 Å². The molecule has 3 heterocycles. The van der Waals surface area contributed by atoms with Gasteiger partial charge in [-0.1, -0.05) is 0 Å². The van der Waals surface area contributed by atoms with Gasteiger partial charge < -0.3 is 34.7 Å². The first-order valence-electron chi connectivity index (χ1n) is 12.6. The third-order valence-corrected chi connectivity index (χ3v) is 5.49. The second kappa shape index (κ2) is 12.1. The van der Waals surface area contributed by atoms with E-state index in [1.54, 1.807) is 38.4 Å². The molecule has 1 aliphatic heterocycles. The van der Waals surface area contributed by atoms with Crippen molar-refractivity contribution in [3.63, 3.8) is 0 Å². The van der Waals surface area contributed by atoms with Gasteiger partial charge in [-0.15, -0.1) is 0 Å². The van der Waals surface area contributed by atoms with Crippen molar-refractivity contribution in [3.05, 3.63) is 40.8 Å². The molecule has 0 aromatic carbocycles. The number of pyridine rings is 1. The number of H-pyrrole nitrogens is 1. The Labute approximate surface area is 222 Å². The van der Waals surface area contributed by atoms with Crippen molar-refractivity contribution in [2.24, 2.45) is 0 Å². The van der Waals surface area contributed by atoms with Gasteiger partial charge in [0.25, 0.3) is 5.91 Å². The zero-order valence-electron chi connectivity index (χ0n) is 23.1. The van der Waals surface area contributed by atoms with E-state index in [-0.39, 0.29) is 18.6 Å². The van der Waals surface area contributed by atoms with E-state index in [1.807, 2.05) is 34.6 Å². The summed E-state index contributed by atoms with van der Waals surface area (Å²) in [6, 6.07) is 3.39. The van der Waals surface area contributed by atoms with Gasteiger partial charge in [0.15, 0.2) is 0 Å². The van der Waals surface area contributed by atoms with Gasteiger partial charge in [-0.05, 0) is 59.8 Å². The van der Waals surface area contributed by atoms with Crippen LogP contribution in [-0.4, -0.2) is 77.9 Å². The number of carbonyl (C=O) groups excluding carboxylic acids is 3. The fourth-order valence-electron chi connectivity index (χ4n) is 3.74. The van der Waals surface area contributed by atoms with Crippen LogP contribution in [0.15, 0.2) is 18.3 Å². The Morgan fingerprint density at radius 3 is 2.68 bits per heavy atom. The van der Waals surface area contributed by atoms with Gasteiger partial charge in [0, 0.05) is 30.9 Å². The number of carbonyl (C=O) groups is 3. The number of anilines is 2. The Bertz CT molecular complexity index is 1210. The number of likely N-dealkylation sites (N-methyl/N-ethyl adjacent to an activating group) is 1. The van der Waals surface area contributed by atoms with Crippen LogP contribution in [0.2, 0.25) is 0 Å². The van der Waals surface area contributed by atoms with Crippen molar-refractivity contribution in [2.75, 3.05) is 44.0 Å². The highest BCUT2D eigenvalue weighted by molar-refractivity contribution is 6.35. The number of aryl methyl sites for hydroxylation is 1. The van der Waals surface area contributed by atoms with Gasteiger partial charge in [-0.25, -0.2) is 14.6 Å². The van der Waals surface area contributed by atoms with Gasteiger partial charge in [0.2, 0.25) is 0 Å².